The Morgan fingerprint density at radius 3 is 2.79 bits per heavy atom. The number of rotatable bonds is 4. The molecule has 4 bridgehead atoms. The molecule has 4 heterocycles. The van der Waals surface area contributed by atoms with Crippen molar-refractivity contribution < 1.29 is 32.2 Å². The summed E-state index contributed by atoms with van der Waals surface area (Å²) in [5, 5.41) is 2.77. The Bertz CT molecular complexity index is 1250. The Balaban J connectivity index is 1.72. The molecular weight excluding hydrogens is 505 g/mol. The zero-order valence-corrected chi connectivity index (χ0v) is 21.5. The molecule has 3 aromatic heterocycles. The van der Waals surface area contributed by atoms with Gasteiger partial charge in [0.15, 0.2) is 0 Å². The molecule has 0 aliphatic carbocycles. The maximum Gasteiger partial charge on any atom is 0.389 e. The Labute approximate surface area is 218 Å². The van der Waals surface area contributed by atoms with Gasteiger partial charge in [0, 0.05) is 49.8 Å². The van der Waals surface area contributed by atoms with Gasteiger partial charge in [0.1, 0.15) is 12.4 Å². The lowest BCUT2D eigenvalue weighted by Gasteiger charge is -2.30. The normalized spacial score (nSPS) is 19.5. The Morgan fingerprint density at radius 1 is 1.24 bits per heavy atom. The predicted octanol–water partition coefficient (Wildman–Crippen LogP) is 4.40. The number of hydrogen-bond acceptors (Lipinski definition) is 7. The van der Waals surface area contributed by atoms with Gasteiger partial charge in [-0.25, -0.2) is 14.8 Å². The number of amides is 2. The summed E-state index contributed by atoms with van der Waals surface area (Å²) in [7, 11) is 1.52. The topological polar surface area (TPSA) is 103 Å². The van der Waals surface area contributed by atoms with Gasteiger partial charge in [-0.1, -0.05) is 0 Å². The van der Waals surface area contributed by atoms with Gasteiger partial charge >= 0.3 is 12.2 Å². The molecule has 2 amide bonds. The number of aromatic nitrogens is 4. The second kappa shape index (κ2) is 11.8. The van der Waals surface area contributed by atoms with Crippen LogP contribution in [0, 0.1) is 0 Å². The smallest absolute Gasteiger partial charge is 0.389 e. The third-order valence-electron chi connectivity index (χ3n) is 6.41. The van der Waals surface area contributed by atoms with E-state index in [0.717, 1.165) is 0 Å². The lowest BCUT2D eigenvalue weighted by molar-refractivity contribution is -0.136. The van der Waals surface area contributed by atoms with Gasteiger partial charge < -0.3 is 28.8 Å². The third kappa shape index (κ3) is 6.44. The van der Waals surface area contributed by atoms with Crippen molar-refractivity contribution in [2.45, 2.75) is 51.4 Å². The molecule has 206 valence electrons. The number of nitrogens with zero attached hydrogens (tertiary/aromatic N) is 5. The van der Waals surface area contributed by atoms with Crippen molar-refractivity contribution >= 4 is 11.7 Å². The molecule has 1 aliphatic rings. The number of carbonyl (C=O) groups is 1. The summed E-state index contributed by atoms with van der Waals surface area (Å²) in [6.45, 7) is 4.41. The van der Waals surface area contributed by atoms with Gasteiger partial charge in [-0.2, -0.15) is 13.2 Å². The highest BCUT2D eigenvalue weighted by Crippen LogP contribution is 2.33. The van der Waals surface area contributed by atoms with E-state index in [0.29, 0.717) is 40.8 Å². The number of ether oxygens (including phenoxy) is 3. The molecule has 4 rings (SSSR count). The predicted molar refractivity (Wildman–Crippen MR) is 132 cm³/mol. The Hall–Kier alpha value is -3.61. The minimum Gasteiger partial charge on any atom is -0.494 e. The number of methoxy groups -OCH3 is 1. The number of carbonyl (C=O) groups excluding carboxylic acids is 1. The first-order valence-electron chi connectivity index (χ1n) is 12.4. The summed E-state index contributed by atoms with van der Waals surface area (Å²) < 4.78 is 57.6. The van der Waals surface area contributed by atoms with E-state index in [9.17, 15) is 18.0 Å². The Kier molecular flexibility index (Phi) is 8.55. The van der Waals surface area contributed by atoms with E-state index >= 15 is 0 Å². The molecule has 0 saturated heterocycles. The van der Waals surface area contributed by atoms with Crippen molar-refractivity contribution in [2.75, 3.05) is 33.5 Å². The average Bonchev–Trinajstić information content (AvgIpc) is 3.37. The lowest BCUT2D eigenvalue weighted by atomic mass is 10.1. The highest BCUT2D eigenvalue weighted by molar-refractivity contribution is 5.75. The first-order valence-corrected chi connectivity index (χ1v) is 12.4. The molecular formula is C25H31F3N6O4. The number of imidazole rings is 1. The molecule has 2 atom stereocenters. The fraction of sp³-hybridized carbons (Fsp3) is 0.520. The van der Waals surface area contributed by atoms with Crippen LogP contribution >= 0.6 is 0 Å². The minimum absolute atomic E-state index is 0.151. The van der Waals surface area contributed by atoms with Crippen LogP contribution < -0.4 is 14.8 Å². The number of halogens is 3. The molecule has 0 radical (unpaired) electrons. The van der Waals surface area contributed by atoms with Crippen LogP contribution in [0.15, 0.2) is 30.9 Å². The van der Waals surface area contributed by atoms with Crippen LogP contribution in [0.1, 0.15) is 44.8 Å². The van der Waals surface area contributed by atoms with E-state index in [1.54, 1.807) is 42.2 Å². The number of fused-ring (bicyclic) bond motifs is 7. The minimum atomic E-state index is -4.33. The van der Waals surface area contributed by atoms with Crippen LogP contribution in [0.2, 0.25) is 0 Å². The molecule has 0 spiro atoms. The molecule has 0 unspecified atom stereocenters. The van der Waals surface area contributed by atoms with Crippen LogP contribution in [-0.2, 0) is 4.74 Å². The monoisotopic (exact) mass is 536 g/mol. The van der Waals surface area contributed by atoms with Crippen LogP contribution in [0.5, 0.6) is 11.6 Å². The van der Waals surface area contributed by atoms with Crippen molar-refractivity contribution in [2.24, 2.45) is 0 Å². The number of urea groups is 1. The summed E-state index contributed by atoms with van der Waals surface area (Å²) in [5.41, 5.74) is 2.26. The highest BCUT2D eigenvalue weighted by Gasteiger charge is 2.30. The van der Waals surface area contributed by atoms with Crippen LogP contribution in [-0.4, -0.2) is 76.0 Å². The fourth-order valence-electron chi connectivity index (χ4n) is 4.34. The molecule has 0 saturated carbocycles. The number of hydrogen-bond donors (Lipinski definition) is 1. The van der Waals surface area contributed by atoms with Crippen LogP contribution in [0.25, 0.3) is 16.9 Å². The largest absolute Gasteiger partial charge is 0.494 e. The SMILES string of the molecule is CCN1C(=O)N[C@H](CCC(F)(F)F)CCOCCOc2nc(cn3ccnc23)-c2cc(ncc2OC)[C@H]1C. The van der Waals surface area contributed by atoms with Gasteiger partial charge in [0.25, 0.3) is 5.88 Å². The van der Waals surface area contributed by atoms with E-state index in [-0.39, 0.29) is 32.7 Å². The van der Waals surface area contributed by atoms with Gasteiger partial charge in [0.05, 0.1) is 37.3 Å². The van der Waals surface area contributed by atoms with Gasteiger partial charge in [-0.3, -0.25) is 4.98 Å². The molecule has 1 N–H and O–H groups in total. The highest BCUT2D eigenvalue weighted by atomic mass is 19.4. The number of nitrogens with one attached hydrogen (secondary N) is 1. The lowest BCUT2D eigenvalue weighted by Crippen LogP contribution is -2.46. The summed E-state index contributed by atoms with van der Waals surface area (Å²) in [6, 6.07) is 0.103. The van der Waals surface area contributed by atoms with E-state index < -0.39 is 30.7 Å². The molecule has 0 fully saturated rings. The first-order chi connectivity index (χ1) is 18.2. The van der Waals surface area contributed by atoms with Crippen LogP contribution in [0.3, 0.4) is 0 Å². The fourth-order valence-corrected chi connectivity index (χ4v) is 4.34. The summed E-state index contributed by atoms with van der Waals surface area (Å²) in [4.78, 5) is 28.2. The molecule has 3 aromatic rings. The number of alkyl halides is 3. The van der Waals surface area contributed by atoms with Gasteiger partial charge in [-0.15, -0.1) is 0 Å². The van der Waals surface area contributed by atoms with Crippen molar-refractivity contribution in [3.05, 3.63) is 36.5 Å². The molecule has 10 nitrogen and oxygen atoms in total. The maximum absolute atomic E-state index is 13.2. The third-order valence-corrected chi connectivity index (χ3v) is 6.41. The molecule has 0 aromatic carbocycles. The van der Waals surface area contributed by atoms with E-state index in [1.807, 2.05) is 6.92 Å². The van der Waals surface area contributed by atoms with E-state index in [1.165, 1.54) is 12.0 Å². The van der Waals surface area contributed by atoms with Crippen molar-refractivity contribution in [3.8, 4) is 22.9 Å². The Morgan fingerprint density at radius 2 is 2.05 bits per heavy atom. The summed E-state index contributed by atoms with van der Waals surface area (Å²) in [6.07, 6.45) is 1.39. The molecule has 1 aliphatic heterocycles. The standard InChI is InChI=1S/C25H31F3N6O4/c1-4-34-16(2)19-13-18(21(36-3)14-30-19)20-15-33-9-8-29-22(33)23(32-20)38-12-11-37-10-6-17(31-24(34)35)5-7-25(26,27)28/h8-9,13-17H,4-7,10-12H2,1-3H3,(H,31,35)/t16-,17-/m1/s1. The maximum atomic E-state index is 13.2. The zero-order chi connectivity index (χ0) is 27.3. The van der Waals surface area contributed by atoms with Crippen molar-refractivity contribution in [1.82, 2.24) is 29.6 Å². The molecule has 13 heteroatoms. The zero-order valence-electron chi connectivity index (χ0n) is 21.5. The van der Waals surface area contributed by atoms with Crippen molar-refractivity contribution in [1.29, 1.82) is 0 Å². The average molecular weight is 537 g/mol. The van der Waals surface area contributed by atoms with E-state index in [4.69, 9.17) is 14.2 Å². The second-order valence-corrected chi connectivity index (χ2v) is 8.91. The summed E-state index contributed by atoms with van der Waals surface area (Å²) in [5.74, 6) is 0.767. The van der Waals surface area contributed by atoms with Gasteiger partial charge in [-0.05, 0) is 32.8 Å². The van der Waals surface area contributed by atoms with Crippen molar-refractivity contribution in [3.63, 3.8) is 0 Å². The second-order valence-electron chi connectivity index (χ2n) is 8.91. The summed E-state index contributed by atoms with van der Waals surface area (Å²) >= 11 is 0. The quantitative estimate of drug-likeness (QED) is 0.527. The van der Waals surface area contributed by atoms with Crippen LogP contribution in [0.4, 0.5) is 18.0 Å². The first kappa shape index (κ1) is 27.4. The van der Waals surface area contributed by atoms with Gasteiger partial charge in [0.2, 0.25) is 5.65 Å². The van der Waals surface area contributed by atoms with E-state index in [2.05, 4.69) is 20.3 Å². The molecule has 38 heavy (non-hydrogen) atoms. The number of pyridine rings is 1.